The number of ether oxygens (including phenoxy) is 1. The van der Waals surface area contributed by atoms with Crippen molar-refractivity contribution in [3.63, 3.8) is 0 Å². The Kier molecular flexibility index (Phi) is 3.65. The van der Waals surface area contributed by atoms with E-state index in [4.69, 9.17) is 4.74 Å². The highest BCUT2D eigenvalue weighted by atomic mass is 16.5. The second-order valence-corrected chi connectivity index (χ2v) is 4.71. The summed E-state index contributed by atoms with van der Waals surface area (Å²) in [6.45, 7) is 3.56. The molecule has 1 fully saturated rings. The first-order valence-electron chi connectivity index (χ1n) is 6.14. The van der Waals surface area contributed by atoms with Gasteiger partial charge in [-0.1, -0.05) is 17.7 Å². The molecule has 0 aliphatic heterocycles. The van der Waals surface area contributed by atoms with Crippen molar-refractivity contribution in [2.45, 2.75) is 32.8 Å². The number of amides is 1. The molecule has 1 aliphatic carbocycles. The highest BCUT2D eigenvalue weighted by molar-refractivity contribution is 5.95. The highest BCUT2D eigenvalue weighted by Gasteiger charge is 2.33. The van der Waals surface area contributed by atoms with Crippen LogP contribution in [-0.4, -0.2) is 18.0 Å². The van der Waals surface area contributed by atoms with Crippen molar-refractivity contribution in [3.05, 3.63) is 29.8 Å². The van der Waals surface area contributed by atoms with E-state index in [1.165, 1.54) is 0 Å². The van der Waals surface area contributed by atoms with Gasteiger partial charge in [-0.05, 0) is 38.8 Å². The van der Waals surface area contributed by atoms with E-state index in [-0.39, 0.29) is 17.8 Å². The van der Waals surface area contributed by atoms with Crippen LogP contribution in [0.25, 0.3) is 0 Å². The van der Waals surface area contributed by atoms with Crippen LogP contribution in [0.2, 0.25) is 0 Å². The third kappa shape index (κ3) is 3.32. The number of hydrogen-bond donors (Lipinski definition) is 1. The predicted octanol–water partition coefficient (Wildman–Crippen LogP) is 2.28. The number of nitrogens with one attached hydrogen (secondary N) is 1. The molecule has 1 amide bonds. The van der Waals surface area contributed by atoms with Crippen LogP contribution < -0.4 is 5.32 Å². The van der Waals surface area contributed by atoms with Crippen LogP contribution in [0.5, 0.6) is 0 Å². The van der Waals surface area contributed by atoms with E-state index in [0.29, 0.717) is 5.69 Å². The number of aryl methyl sites for hydroxylation is 1. The topological polar surface area (TPSA) is 55.4 Å². The Bertz CT molecular complexity index is 449. The molecule has 1 saturated carbocycles. The van der Waals surface area contributed by atoms with Crippen molar-refractivity contribution in [1.82, 2.24) is 0 Å². The molecule has 1 aromatic carbocycles. The molecule has 0 unspecified atom stereocenters. The summed E-state index contributed by atoms with van der Waals surface area (Å²) in [5, 5.41) is 2.72. The maximum absolute atomic E-state index is 11.8. The van der Waals surface area contributed by atoms with Crippen molar-refractivity contribution in [1.29, 1.82) is 0 Å². The van der Waals surface area contributed by atoms with Gasteiger partial charge in [-0.25, -0.2) is 0 Å². The zero-order valence-electron chi connectivity index (χ0n) is 10.6. The fourth-order valence-electron chi connectivity index (χ4n) is 1.52. The molecule has 0 aromatic heterocycles. The Morgan fingerprint density at radius 3 is 2.44 bits per heavy atom. The zero-order valence-corrected chi connectivity index (χ0v) is 10.6. The minimum absolute atomic E-state index is 0.0135. The van der Waals surface area contributed by atoms with E-state index in [1.807, 2.05) is 31.2 Å². The summed E-state index contributed by atoms with van der Waals surface area (Å²) in [6, 6.07) is 7.47. The summed E-state index contributed by atoms with van der Waals surface area (Å²) in [5.74, 6) is -0.547. The summed E-state index contributed by atoms with van der Waals surface area (Å²) in [5.41, 5.74) is 1.83. The number of hydrogen-bond acceptors (Lipinski definition) is 3. The Morgan fingerprint density at radius 2 is 1.89 bits per heavy atom. The van der Waals surface area contributed by atoms with Gasteiger partial charge in [0.2, 0.25) is 0 Å². The molecule has 0 bridgehead atoms. The van der Waals surface area contributed by atoms with Crippen LogP contribution in [-0.2, 0) is 14.3 Å². The number of carbonyl (C=O) groups is 2. The molecule has 1 atom stereocenters. The largest absolute Gasteiger partial charge is 0.452 e. The average Bonchev–Trinajstić information content (AvgIpc) is 3.16. The average molecular weight is 247 g/mol. The summed E-state index contributed by atoms with van der Waals surface area (Å²) < 4.78 is 5.08. The standard InChI is InChI=1S/C14H17NO3/c1-9-3-7-12(8-4-9)15-13(16)10(2)18-14(17)11-5-6-11/h3-4,7-8,10-11H,5-6H2,1-2H3,(H,15,16)/t10-/m0/s1. The van der Waals surface area contributed by atoms with Gasteiger partial charge in [-0.15, -0.1) is 0 Å². The first-order valence-corrected chi connectivity index (χ1v) is 6.14. The summed E-state index contributed by atoms with van der Waals surface area (Å²) in [4.78, 5) is 23.2. The lowest BCUT2D eigenvalue weighted by Gasteiger charge is -2.13. The second kappa shape index (κ2) is 5.21. The van der Waals surface area contributed by atoms with Crippen LogP contribution in [0.15, 0.2) is 24.3 Å². The molecule has 0 radical (unpaired) electrons. The molecule has 1 aromatic rings. The predicted molar refractivity (Wildman–Crippen MR) is 68.1 cm³/mol. The fraction of sp³-hybridized carbons (Fsp3) is 0.429. The molecule has 0 spiro atoms. The third-order valence-corrected chi connectivity index (χ3v) is 2.89. The second-order valence-electron chi connectivity index (χ2n) is 4.71. The number of benzene rings is 1. The molecular weight excluding hydrogens is 230 g/mol. The highest BCUT2D eigenvalue weighted by Crippen LogP contribution is 2.30. The minimum atomic E-state index is -0.751. The monoisotopic (exact) mass is 247 g/mol. The lowest BCUT2D eigenvalue weighted by Crippen LogP contribution is -2.30. The van der Waals surface area contributed by atoms with Crippen LogP contribution in [0.4, 0.5) is 5.69 Å². The van der Waals surface area contributed by atoms with Gasteiger partial charge in [0.1, 0.15) is 0 Å². The van der Waals surface area contributed by atoms with E-state index in [0.717, 1.165) is 18.4 Å². The molecule has 1 aliphatic rings. The van der Waals surface area contributed by atoms with Gasteiger partial charge in [-0.2, -0.15) is 0 Å². The van der Waals surface area contributed by atoms with Crippen molar-refractivity contribution >= 4 is 17.6 Å². The minimum Gasteiger partial charge on any atom is -0.452 e. The van der Waals surface area contributed by atoms with Crippen LogP contribution in [0.1, 0.15) is 25.3 Å². The van der Waals surface area contributed by atoms with Gasteiger partial charge in [0.25, 0.3) is 5.91 Å². The first kappa shape index (κ1) is 12.6. The van der Waals surface area contributed by atoms with Gasteiger partial charge in [0, 0.05) is 5.69 Å². The van der Waals surface area contributed by atoms with E-state index in [1.54, 1.807) is 6.92 Å². The smallest absolute Gasteiger partial charge is 0.309 e. The van der Waals surface area contributed by atoms with Crippen LogP contribution in [0.3, 0.4) is 0 Å². The fourth-order valence-corrected chi connectivity index (χ4v) is 1.52. The zero-order chi connectivity index (χ0) is 13.1. The summed E-state index contributed by atoms with van der Waals surface area (Å²) in [6.07, 6.45) is 1.01. The number of esters is 1. The van der Waals surface area contributed by atoms with Gasteiger partial charge in [-0.3, -0.25) is 9.59 Å². The van der Waals surface area contributed by atoms with Crippen molar-refractivity contribution in [3.8, 4) is 0 Å². The van der Waals surface area contributed by atoms with E-state index in [9.17, 15) is 9.59 Å². The van der Waals surface area contributed by atoms with Crippen LogP contribution in [0, 0.1) is 12.8 Å². The summed E-state index contributed by atoms with van der Waals surface area (Å²) in [7, 11) is 0. The molecule has 4 heteroatoms. The Balaban J connectivity index is 1.86. The molecule has 2 rings (SSSR count). The molecular formula is C14H17NO3. The Labute approximate surface area is 106 Å². The maximum atomic E-state index is 11.8. The van der Waals surface area contributed by atoms with Gasteiger partial charge >= 0.3 is 5.97 Å². The van der Waals surface area contributed by atoms with Gasteiger partial charge < -0.3 is 10.1 Å². The van der Waals surface area contributed by atoms with Gasteiger partial charge in [0.15, 0.2) is 6.10 Å². The summed E-state index contributed by atoms with van der Waals surface area (Å²) >= 11 is 0. The van der Waals surface area contributed by atoms with E-state index in [2.05, 4.69) is 5.32 Å². The molecule has 4 nitrogen and oxygen atoms in total. The van der Waals surface area contributed by atoms with Crippen LogP contribution >= 0.6 is 0 Å². The number of carbonyl (C=O) groups excluding carboxylic acids is 2. The van der Waals surface area contributed by atoms with Crippen molar-refractivity contribution in [2.75, 3.05) is 5.32 Å². The van der Waals surface area contributed by atoms with Crippen molar-refractivity contribution in [2.24, 2.45) is 5.92 Å². The lowest BCUT2D eigenvalue weighted by molar-refractivity contribution is -0.154. The molecule has 0 heterocycles. The maximum Gasteiger partial charge on any atom is 0.309 e. The Morgan fingerprint density at radius 1 is 1.28 bits per heavy atom. The van der Waals surface area contributed by atoms with E-state index >= 15 is 0 Å². The van der Waals surface area contributed by atoms with Gasteiger partial charge in [0.05, 0.1) is 5.92 Å². The molecule has 0 saturated heterocycles. The van der Waals surface area contributed by atoms with E-state index < -0.39 is 6.10 Å². The number of rotatable bonds is 4. The molecule has 18 heavy (non-hydrogen) atoms. The molecule has 1 N–H and O–H groups in total. The molecule has 96 valence electrons. The lowest BCUT2D eigenvalue weighted by atomic mass is 10.2. The van der Waals surface area contributed by atoms with Crippen molar-refractivity contribution < 1.29 is 14.3 Å². The number of anilines is 1. The third-order valence-electron chi connectivity index (χ3n) is 2.89. The SMILES string of the molecule is Cc1ccc(NC(=O)[C@H](C)OC(=O)C2CC2)cc1. The first-order chi connectivity index (χ1) is 8.56. The Hall–Kier alpha value is -1.84. The quantitative estimate of drug-likeness (QED) is 0.830. The normalized spacial score (nSPS) is 15.9.